The van der Waals surface area contributed by atoms with Gasteiger partial charge in [0.25, 0.3) is 0 Å². The molecule has 0 aliphatic carbocycles. The van der Waals surface area contributed by atoms with E-state index in [2.05, 4.69) is 20.9 Å². The Balaban J connectivity index is 2.06. The zero-order chi connectivity index (χ0) is 16.4. The molecule has 0 unspecified atom stereocenters. The second-order valence-corrected chi connectivity index (χ2v) is 5.73. The fraction of sp³-hybridized carbons (Fsp3) is 0.0588. The Morgan fingerprint density at radius 3 is 2.61 bits per heavy atom. The fourth-order valence-electron chi connectivity index (χ4n) is 2.22. The van der Waals surface area contributed by atoms with Gasteiger partial charge in [-0.15, -0.1) is 0 Å². The van der Waals surface area contributed by atoms with Gasteiger partial charge in [0.2, 0.25) is 0 Å². The SMILES string of the molecule is O=C(O)c1cc(O)c2c(Br)ccc(OCc3ccccc3)c2n1. The molecule has 0 atom stereocenters. The largest absolute Gasteiger partial charge is 0.507 e. The van der Waals surface area contributed by atoms with Crippen LogP contribution in [0.25, 0.3) is 10.9 Å². The van der Waals surface area contributed by atoms with Crippen LogP contribution in [0.4, 0.5) is 0 Å². The molecule has 0 aliphatic heterocycles. The Morgan fingerprint density at radius 1 is 1.17 bits per heavy atom. The summed E-state index contributed by atoms with van der Waals surface area (Å²) in [5, 5.41) is 19.6. The van der Waals surface area contributed by atoms with Crippen LogP contribution in [0.5, 0.6) is 11.5 Å². The highest BCUT2D eigenvalue weighted by Gasteiger charge is 2.16. The lowest BCUT2D eigenvalue weighted by Gasteiger charge is -2.11. The third kappa shape index (κ3) is 3.12. The first-order chi connectivity index (χ1) is 11.1. The van der Waals surface area contributed by atoms with Crippen LogP contribution in [-0.4, -0.2) is 21.2 Å². The lowest BCUT2D eigenvalue weighted by atomic mass is 10.1. The van der Waals surface area contributed by atoms with E-state index in [1.165, 1.54) is 0 Å². The quantitative estimate of drug-likeness (QED) is 0.722. The number of aromatic hydroxyl groups is 1. The van der Waals surface area contributed by atoms with Crippen LogP contribution in [-0.2, 0) is 6.61 Å². The van der Waals surface area contributed by atoms with Crippen LogP contribution in [0, 0.1) is 0 Å². The van der Waals surface area contributed by atoms with Crippen molar-refractivity contribution in [2.45, 2.75) is 6.61 Å². The number of ether oxygens (including phenoxy) is 1. The van der Waals surface area contributed by atoms with Crippen molar-refractivity contribution < 1.29 is 19.7 Å². The molecule has 1 aromatic heterocycles. The first-order valence-corrected chi connectivity index (χ1v) is 7.58. The van der Waals surface area contributed by atoms with E-state index < -0.39 is 5.97 Å². The Kier molecular flexibility index (Phi) is 4.16. The highest BCUT2D eigenvalue weighted by molar-refractivity contribution is 9.10. The topological polar surface area (TPSA) is 79.7 Å². The summed E-state index contributed by atoms with van der Waals surface area (Å²) in [7, 11) is 0. The molecule has 6 heteroatoms. The minimum atomic E-state index is -1.21. The van der Waals surface area contributed by atoms with Gasteiger partial charge in [-0.25, -0.2) is 9.78 Å². The summed E-state index contributed by atoms with van der Waals surface area (Å²) in [5.74, 6) is -0.967. The Bertz CT molecular complexity index is 881. The summed E-state index contributed by atoms with van der Waals surface area (Å²) in [5.41, 5.74) is 1.03. The molecule has 0 bridgehead atoms. The highest BCUT2D eigenvalue weighted by atomic mass is 79.9. The number of fused-ring (bicyclic) bond motifs is 1. The molecule has 0 amide bonds. The Hall–Kier alpha value is -2.60. The van der Waals surface area contributed by atoms with Crippen LogP contribution in [0.1, 0.15) is 16.1 Å². The maximum atomic E-state index is 11.1. The number of halogens is 1. The predicted molar refractivity (Wildman–Crippen MR) is 88.8 cm³/mol. The van der Waals surface area contributed by atoms with Gasteiger partial charge >= 0.3 is 5.97 Å². The maximum Gasteiger partial charge on any atom is 0.354 e. The molecule has 0 aliphatic rings. The molecule has 0 spiro atoms. The van der Waals surface area contributed by atoms with Gasteiger partial charge in [-0.3, -0.25) is 0 Å². The standard InChI is InChI=1S/C17H12BrNO4/c18-11-6-7-14(23-9-10-4-2-1-3-5-10)16-15(11)13(20)8-12(19-16)17(21)22/h1-8H,9H2,(H,19,20)(H,21,22). The Morgan fingerprint density at radius 2 is 1.91 bits per heavy atom. The molecule has 116 valence electrons. The van der Waals surface area contributed by atoms with Crippen LogP contribution in [0.3, 0.4) is 0 Å². The zero-order valence-electron chi connectivity index (χ0n) is 11.9. The number of hydrogen-bond acceptors (Lipinski definition) is 4. The molecule has 5 nitrogen and oxygen atoms in total. The van der Waals surface area contributed by atoms with Gasteiger partial charge in [0.1, 0.15) is 23.6 Å². The average molecular weight is 374 g/mol. The van der Waals surface area contributed by atoms with Gasteiger partial charge < -0.3 is 14.9 Å². The molecule has 2 aromatic carbocycles. The van der Waals surface area contributed by atoms with Crippen molar-refractivity contribution in [1.29, 1.82) is 0 Å². The summed E-state index contributed by atoms with van der Waals surface area (Å²) in [6.45, 7) is 0.317. The monoisotopic (exact) mass is 373 g/mol. The number of carboxylic acids is 1. The summed E-state index contributed by atoms with van der Waals surface area (Å²) in [6, 6.07) is 14.1. The van der Waals surface area contributed by atoms with Crippen LogP contribution < -0.4 is 4.74 Å². The van der Waals surface area contributed by atoms with E-state index in [-0.39, 0.29) is 11.4 Å². The molecule has 0 fully saturated rings. The van der Waals surface area contributed by atoms with Gasteiger partial charge in [-0.1, -0.05) is 30.3 Å². The second kappa shape index (κ2) is 6.26. The maximum absolute atomic E-state index is 11.1. The molecular formula is C17H12BrNO4. The van der Waals surface area contributed by atoms with E-state index in [0.29, 0.717) is 27.7 Å². The summed E-state index contributed by atoms with van der Waals surface area (Å²) in [4.78, 5) is 15.2. The van der Waals surface area contributed by atoms with Crippen molar-refractivity contribution in [3.05, 3.63) is 64.3 Å². The second-order valence-electron chi connectivity index (χ2n) is 4.88. The molecule has 2 N–H and O–H groups in total. The van der Waals surface area contributed by atoms with Gasteiger partial charge in [-0.05, 0) is 33.6 Å². The van der Waals surface area contributed by atoms with E-state index in [9.17, 15) is 9.90 Å². The van der Waals surface area contributed by atoms with Crippen molar-refractivity contribution in [2.24, 2.45) is 0 Å². The molecule has 3 rings (SSSR count). The number of benzene rings is 2. The normalized spacial score (nSPS) is 10.7. The first-order valence-electron chi connectivity index (χ1n) is 6.78. The van der Waals surface area contributed by atoms with Crippen LogP contribution in [0.15, 0.2) is 53.0 Å². The van der Waals surface area contributed by atoms with Gasteiger partial charge in [0.05, 0.1) is 5.39 Å². The summed E-state index contributed by atoms with van der Waals surface area (Å²) in [6.07, 6.45) is 0. The van der Waals surface area contributed by atoms with Crippen LogP contribution >= 0.6 is 15.9 Å². The van der Waals surface area contributed by atoms with E-state index in [1.54, 1.807) is 12.1 Å². The smallest absolute Gasteiger partial charge is 0.354 e. The lowest BCUT2D eigenvalue weighted by molar-refractivity contribution is 0.0690. The summed E-state index contributed by atoms with van der Waals surface area (Å²) < 4.78 is 6.38. The van der Waals surface area contributed by atoms with Crippen molar-refractivity contribution in [3.8, 4) is 11.5 Å². The van der Waals surface area contributed by atoms with Gasteiger partial charge in [-0.2, -0.15) is 0 Å². The van der Waals surface area contributed by atoms with E-state index >= 15 is 0 Å². The molecule has 0 saturated heterocycles. The average Bonchev–Trinajstić information content (AvgIpc) is 2.54. The number of pyridine rings is 1. The molecule has 3 aromatic rings. The number of carbonyl (C=O) groups is 1. The number of nitrogens with zero attached hydrogens (tertiary/aromatic N) is 1. The molecule has 0 saturated carbocycles. The third-order valence-corrected chi connectivity index (χ3v) is 3.97. The van der Waals surface area contributed by atoms with E-state index in [4.69, 9.17) is 9.84 Å². The summed E-state index contributed by atoms with van der Waals surface area (Å²) >= 11 is 3.34. The third-order valence-electron chi connectivity index (χ3n) is 3.31. The lowest BCUT2D eigenvalue weighted by Crippen LogP contribution is -2.02. The van der Waals surface area contributed by atoms with Crippen molar-refractivity contribution in [2.75, 3.05) is 0 Å². The number of hydrogen-bond donors (Lipinski definition) is 2. The van der Waals surface area contributed by atoms with Crippen LogP contribution in [0.2, 0.25) is 0 Å². The van der Waals surface area contributed by atoms with Crippen molar-refractivity contribution in [1.82, 2.24) is 4.98 Å². The Labute approximate surface area is 140 Å². The number of carboxylic acid groups (broad SMARTS) is 1. The minimum absolute atomic E-state index is 0.163. The van der Waals surface area contributed by atoms with E-state index in [0.717, 1.165) is 11.6 Å². The first kappa shape index (κ1) is 15.3. The van der Waals surface area contributed by atoms with E-state index in [1.807, 2.05) is 30.3 Å². The predicted octanol–water partition coefficient (Wildman–Crippen LogP) is 3.98. The van der Waals surface area contributed by atoms with Gasteiger partial charge in [0, 0.05) is 10.5 Å². The van der Waals surface area contributed by atoms with Crippen molar-refractivity contribution in [3.63, 3.8) is 0 Å². The number of rotatable bonds is 4. The molecule has 1 heterocycles. The van der Waals surface area contributed by atoms with Gasteiger partial charge in [0.15, 0.2) is 5.69 Å². The number of aromatic nitrogens is 1. The molecular weight excluding hydrogens is 362 g/mol. The molecule has 23 heavy (non-hydrogen) atoms. The number of aromatic carboxylic acids is 1. The fourth-order valence-corrected chi connectivity index (χ4v) is 2.74. The van der Waals surface area contributed by atoms with Crippen molar-refractivity contribution >= 4 is 32.8 Å². The highest BCUT2D eigenvalue weighted by Crippen LogP contribution is 2.36. The molecule has 0 radical (unpaired) electrons. The zero-order valence-corrected chi connectivity index (χ0v) is 13.4. The minimum Gasteiger partial charge on any atom is -0.507 e.